The molecule has 0 aliphatic heterocycles. The van der Waals surface area contributed by atoms with Gasteiger partial charge in [-0.3, -0.25) is 9.36 Å². The number of imidazole rings is 2. The Labute approximate surface area is 150 Å². The average molecular weight is 346 g/mol. The molecule has 0 saturated carbocycles. The lowest BCUT2D eigenvalue weighted by Gasteiger charge is -2.08. The SMILES string of the molecule is CCn1c(CNC(=O)c2ccnc(-n3ccnc3)c2)nc2ccccc21. The van der Waals surface area contributed by atoms with Gasteiger partial charge in [0, 0.05) is 30.7 Å². The van der Waals surface area contributed by atoms with Gasteiger partial charge in [0.05, 0.1) is 17.6 Å². The van der Waals surface area contributed by atoms with Crippen molar-refractivity contribution in [3.05, 3.63) is 72.7 Å². The van der Waals surface area contributed by atoms with Crippen LogP contribution in [-0.2, 0) is 13.1 Å². The molecule has 4 aromatic rings. The van der Waals surface area contributed by atoms with Crippen LogP contribution in [0, 0.1) is 0 Å². The number of pyridine rings is 1. The summed E-state index contributed by atoms with van der Waals surface area (Å²) in [6.07, 6.45) is 6.72. The van der Waals surface area contributed by atoms with Crippen LogP contribution in [0.1, 0.15) is 23.1 Å². The summed E-state index contributed by atoms with van der Waals surface area (Å²) in [5.41, 5.74) is 2.55. The molecule has 7 heteroatoms. The highest BCUT2D eigenvalue weighted by molar-refractivity contribution is 5.94. The van der Waals surface area contributed by atoms with Crippen molar-refractivity contribution in [1.82, 2.24) is 29.4 Å². The molecule has 3 heterocycles. The molecule has 0 radical (unpaired) electrons. The summed E-state index contributed by atoms with van der Waals surface area (Å²) in [5, 5.41) is 2.95. The molecule has 4 rings (SSSR count). The monoisotopic (exact) mass is 346 g/mol. The Bertz CT molecular complexity index is 1050. The number of benzene rings is 1. The largest absolute Gasteiger partial charge is 0.345 e. The fourth-order valence-electron chi connectivity index (χ4n) is 2.97. The lowest BCUT2D eigenvalue weighted by Crippen LogP contribution is -2.25. The van der Waals surface area contributed by atoms with E-state index in [1.165, 1.54) is 0 Å². The van der Waals surface area contributed by atoms with Crippen LogP contribution >= 0.6 is 0 Å². The van der Waals surface area contributed by atoms with Gasteiger partial charge in [-0.2, -0.15) is 0 Å². The number of hydrogen-bond donors (Lipinski definition) is 1. The Kier molecular flexibility index (Phi) is 4.18. The highest BCUT2D eigenvalue weighted by atomic mass is 16.1. The Morgan fingerprint density at radius 2 is 2.08 bits per heavy atom. The van der Waals surface area contributed by atoms with Gasteiger partial charge in [-0.05, 0) is 31.2 Å². The van der Waals surface area contributed by atoms with Gasteiger partial charge in [0.1, 0.15) is 18.0 Å². The number of carbonyl (C=O) groups excluding carboxylic acids is 1. The van der Waals surface area contributed by atoms with Crippen molar-refractivity contribution in [3.8, 4) is 5.82 Å². The van der Waals surface area contributed by atoms with E-state index in [1.54, 1.807) is 41.6 Å². The van der Waals surface area contributed by atoms with Crippen LogP contribution in [0.25, 0.3) is 16.9 Å². The third-order valence-electron chi connectivity index (χ3n) is 4.23. The van der Waals surface area contributed by atoms with Crippen LogP contribution in [0.15, 0.2) is 61.3 Å². The van der Waals surface area contributed by atoms with Crippen LogP contribution in [0.2, 0.25) is 0 Å². The summed E-state index contributed by atoms with van der Waals surface area (Å²) >= 11 is 0. The normalized spacial score (nSPS) is 11.0. The number of nitrogens with one attached hydrogen (secondary N) is 1. The second-order valence-electron chi connectivity index (χ2n) is 5.82. The van der Waals surface area contributed by atoms with Crippen molar-refractivity contribution in [2.24, 2.45) is 0 Å². The summed E-state index contributed by atoms with van der Waals surface area (Å²) < 4.78 is 3.87. The molecule has 0 bridgehead atoms. The Morgan fingerprint density at radius 1 is 1.19 bits per heavy atom. The standard InChI is InChI=1S/C19H18N6O/c1-2-25-16-6-4-3-5-15(16)23-18(25)12-22-19(26)14-7-8-21-17(11-14)24-10-9-20-13-24/h3-11,13H,2,12H2,1H3,(H,22,26). The molecule has 0 unspecified atom stereocenters. The molecule has 3 aromatic heterocycles. The fourth-order valence-corrected chi connectivity index (χ4v) is 2.97. The predicted octanol–water partition coefficient (Wildman–Crippen LogP) is 2.57. The molecule has 7 nitrogen and oxygen atoms in total. The Morgan fingerprint density at radius 3 is 2.88 bits per heavy atom. The Hall–Kier alpha value is -3.48. The van der Waals surface area contributed by atoms with E-state index in [0.29, 0.717) is 17.9 Å². The number of rotatable bonds is 5. The van der Waals surface area contributed by atoms with Crippen molar-refractivity contribution < 1.29 is 4.79 Å². The molecule has 0 atom stereocenters. The predicted molar refractivity (Wildman–Crippen MR) is 97.9 cm³/mol. The quantitative estimate of drug-likeness (QED) is 0.602. The van der Waals surface area contributed by atoms with Gasteiger partial charge in [0.25, 0.3) is 5.91 Å². The number of aryl methyl sites for hydroxylation is 1. The van der Waals surface area contributed by atoms with Crippen molar-refractivity contribution in [2.75, 3.05) is 0 Å². The molecule has 0 aliphatic carbocycles. The van der Waals surface area contributed by atoms with Crippen molar-refractivity contribution in [3.63, 3.8) is 0 Å². The van der Waals surface area contributed by atoms with Gasteiger partial charge in [0.2, 0.25) is 0 Å². The molecule has 1 amide bonds. The molecule has 0 saturated heterocycles. The first-order chi connectivity index (χ1) is 12.8. The minimum absolute atomic E-state index is 0.163. The molecule has 0 aliphatic rings. The topological polar surface area (TPSA) is 77.6 Å². The van der Waals surface area contributed by atoms with Gasteiger partial charge in [-0.25, -0.2) is 15.0 Å². The summed E-state index contributed by atoms with van der Waals surface area (Å²) in [4.78, 5) is 25.5. The number of nitrogens with zero attached hydrogens (tertiary/aromatic N) is 5. The maximum Gasteiger partial charge on any atom is 0.251 e. The first-order valence-corrected chi connectivity index (χ1v) is 8.43. The zero-order valence-corrected chi connectivity index (χ0v) is 14.3. The van der Waals surface area contributed by atoms with E-state index in [-0.39, 0.29) is 5.91 Å². The lowest BCUT2D eigenvalue weighted by molar-refractivity contribution is 0.0949. The fraction of sp³-hybridized carbons (Fsp3) is 0.158. The summed E-state index contributed by atoms with van der Waals surface area (Å²) in [7, 11) is 0. The lowest BCUT2D eigenvalue weighted by atomic mass is 10.2. The van der Waals surface area contributed by atoms with Crippen LogP contribution in [0.3, 0.4) is 0 Å². The van der Waals surface area contributed by atoms with E-state index in [1.807, 2.05) is 24.3 Å². The summed E-state index contributed by atoms with van der Waals surface area (Å²) in [5.74, 6) is 1.32. The van der Waals surface area contributed by atoms with Gasteiger partial charge in [-0.15, -0.1) is 0 Å². The number of para-hydroxylation sites is 2. The zero-order chi connectivity index (χ0) is 17.9. The van der Waals surface area contributed by atoms with Crippen molar-refractivity contribution in [1.29, 1.82) is 0 Å². The highest BCUT2D eigenvalue weighted by Gasteiger charge is 2.12. The number of hydrogen-bond acceptors (Lipinski definition) is 4. The second kappa shape index (κ2) is 6.79. The smallest absolute Gasteiger partial charge is 0.251 e. The molecule has 0 spiro atoms. The zero-order valence-electron chi connectivity index (χ0n) is 14.3. The molecule has 26 heavy (non-hydrogen) atoms. The third-order valence-corrected chi connectivity index (χ3v) is 4.23. The van der Waals surface area contributed by atoms with Gasteiger partial charge in [-0.1, -0.05) is 12.1 Å². The number of carbonyl (C=O) groups is 1. The first kappa shape index (κ1) is 16.0. The molecule has 0 fully saturated rings. The second-order valence-corrected chi connectivity index (χ2v) is 5.82. The number of amides is 1. The molecular weight excluding hydrogens is 328 g/mol. The maximum absolute atomic E-state index is 12.6. The molecular formula is C19H18N6O. The van der Waals surface area contributed by atoms with E-state index in [4.69, 9.17) is 0 Å². The van der Waals surface area contributed by atoms with Crippen molar-refractivity contribution >= 4 is 16.9 Å². The maximum atomic E-state index is 12.6. The number of aromatic nitrogens is 5. The molecule has 1 N–H and O–H groups in total. The summed E-state index contributed by atoms with van der Waals surface area (Å²) in [6, 6.07) is 11.4. The van der Waals surface area contributed by atoms with Gasteiger partial charge in [0.15, 0.2) is 0 Å². The van der Waals surface area contributed by atoms with Gasteiger partial charge >= 0.3 is 0 Å². The van der Waals surface area contributed by atoms with Crippen LogP contribution in [-0.4, -0.2) is 30.0 Å². The Balaban J connectivity index is 1.54. The van der Waals surface area contributed by atoms with E-state index in [9.17, 15) is 4.79 Å². The molecule has 130 valence electrons. The van der Waals surface area contributed by atoms with Crippen molar-refractivity contribution in [2.45, 2.75) is 20.0 Å². The van der Waals surface area contributed by atoms with E-state index < -0.39 is 0 Å². The van der Waals surface area contributed by atoms with E-state index in [0.717, 1.165) is 23.4 Å². The summed E-state index contributed by atoms with van der Waals surface area (Å²) in [6.45, 7) is 3.23. The highest BCUT2D eigenvalue weighted by Crippen LogP contribution is 2.16. The van der Waals surface area contributed by atoms with Crippen LogP contribution in [0.4, 0.5) is 0 Å². The number of fused-ring (bicyclic) bond motifs is 1. The van der Waals surface area contributed by atoms with Crippen LogP contribution in [0.5, 0.6) is 0 Å². The van der Waals surface area contributed by atoms with E-state index >= 15 is 0 Å². The minimum Gasteiger partial charge on any atom is -0.345 e. The first-order valence-electron chi connectivity index (χ1n) is 8.43. The molecule has 1 aromatic carbocycles. The average Bonchev–Trinajstić information content (AvgIpc) is 3.33. The van der Waals surface area contributed by atoms with Crippen LogP contribution < -0.4 is 5.32 Å². The minimum atomic E-state index is -0.163. The van der Waals surface area contributed by atoms with E-state index in [2.05, 4.69) is 31.8 Å². The third kappa shape index (κ3) is 2.95. The van der Waals surface area contributed by atoms with Gasteiger partial charge < -0.3 is 9.88 Å².